The molecule has 0 aliphatic heterocycles. The van der Waals surface area contributed by atoms with Gasteiger partial charge >= 0.3 is 5.97 Å². The second kappa shape index (κ2) is 4.88. The van der Waals surface area contributed by atoms with E-state index in [1.807, 2.05) is 0 Å². The van der Waals surface area contributed by atoms with Crippen molar-refractivity contribution in [2.75, 3.05) is 6.61 Å². The van der Waals surface area contributed by atoms with Gasteiger partial charge in [0.15, 0.2) is 0 Å². The van der Waals surface area contributed by atoms with E-state index in [9.17, 15) is 4.79 Å². The van der Waals surface area contributed by atoms with Crippen LogP contribution in [0.2, 0.25) is 0 Å². The molecule has 1 aromatic rings. The zero-order valence-electron chi connectivity index (χ0n) is 7.15. The van der Waals surface area contributed by atoms with Gasteiger partial charge in [0, 0.05) is 11.5 Å². The Hall–Kier alpha value is -1.89. The van der Waals surface area contributed by atoms with Crippen molar-refractivity contribution in [3.05, 3.63) is 24.0 Å². The third-order valence-electron chi connectivity index (χ3n) is 1.17. The highest BCUT2D eigenvalue weighted by atomic mass is 16.5. The lowest BCUT2D eigenvalue weighted by atomic mass is 10.3. The minimum absolute atomic E-state index is 0.335. The van der Waals surface area contributed by atoms with E-state index in [1.54, 1.807) is 13.0 Å². The molecule has 1 heterocycles. The van der Waals surface area contributed by atoms with Crippen LogP contribution < -0.4 is 0 Å². The summed E-state index contributed by atoms with van der Waals surface area (Å²) in [6.07, 6.45) is 2.99. The number of hydrogen-bond donors (Lipinski definition) is 0. The van der Waals surface area contributed by atoms with Crippen molar-refractivity contribution >= 4 is 5.97 Å². The quantitative estimate of drug-likeness (QED) is 0.459. The first-order chi connectivity index (χ1) is 6.33. The van der Waals surface area contributed by atoms with E-state index < -0.39 is 5.97 Å². The highest BCUT2D eigenvalue weighted by Gasteiger charge is 1.92. The van der Waals surface area contributed by atoms with E-state index in [-0.39, 0.29) is 0 Å². The van der Waals surface area contributed by atoms with E-state index in [0.29, 0.717) is 12.2 Å². The van der Waals surface area contributed by atoms with E-state index in [1.165, 1.54) is 12.4 Å². The molecule has 1 rings (SSSR count). The Kier molecular flexibility index (Phi) is 3.45. The van der Waals surface area contributed by atoms with Crippen molar-refractivity contribution in [2.45, 2.75) is 6.92 Å². The summed E-state index contributed by atoms with van der Waals surface area (Å²) in [5, 5.41) is 7.18. The maximum absolute atomic E-state index is 10.8. The second-order valence-corrected chi connectivity index (χ2v) is 2.10. The molecule has 13 heavy (non-hydrogen) atoms. The van der Waals surface area contributed by atoms with Gasteiger partial charge in [0.25, 0.3) is 0 Å². The smallest absolute Gasteiger partial charge is 0.384 e. The van der Waals surface area contributed by atoms with Gasteiger partial charge in [-0.05, 0) is 13.0 Å². The SMILES string of the molecule is CCOC(=O)C#Cc1ccnnc1. The number of rotatable bonds is 1. The molecule has 0 aliphatic rings. The largest absolute Gasteiger partial charge is 0.456 e. The Morgan fingerprint density at radius 2 is 2.46 bits per heavy atom. The van der Waals surface area contributed by atoms with Gasteiger partial charge in [0.2, 0.25) is 0 Å². The number of aromatic nitrogens is 2. The van der Waals surface area contributed by atoms with E-state index >= 15 is 0 Å². The van der Waals surface area contributed by atoms with Crippen molar-refractivity contribution in [3.8, 4) is 11.8 Å². The van der Waals surface area contributed by atoms with Gasteiger partial charge in [0.05, 0.1) is 19.0 Å². The number of esters is 1. The Labute approximate surface area is 75.9 Å². The number of nitrogens with zero attached hydrogens (tertiary/aromatic N) is 2. The molecular formula is C9H8N2O2. The lowest BCUT2D eigenvalue weighted by Gasteiger charge is -1.90. The molecule has 0 saturated carbocycles. The summed E-state index contributed by atoms with van der Waals surface area (Å²) in [5.41, 5.74) is 0.642. The first kappa shape index (κ1) is 9.20. The molecule has 0 radical (unpaired) electrons. The maximum atomic E-state index is 10.8. The minimum Gasteiger partial charge on any atom is -0.456 e. The van der Waals surface area contributed by atoms with E-state index in [4.69, 9.17) is 0 Å². The Balaban J connectivity index is 2.62. The highest BCUT2D eigenvalue weighted by molar-refractivity contribution is 5.89. The molecule has 0 N–H and O–H groups in total. The van der Waals surface area contributed by atoms with Crippen LogP contribution in [0.15, 0.2) is 18.5 Å². The molecule has 0 unspecified atom stereocenters. The number of carbonyl (C=O) groups is 1. The molecule has 0 fully saturated rings. The topological polar surface area (TPSA) is 52.1 Å². The molecule has 0 spiro atoms. The van der Waals surface area contributed by atoms with Crippen molar-refractivity contribution in [1.82, 2.24) is 10.2 Å². The number of carbonyl (C=O) groups excluding carboxylic acids is 1. The van der Waals surface area contributed by atoms with Crippen LogP contribution in [0.4, 0.5) is 0 Å². The average Bonchev–Trinajstić information content (AvgIpc) is 2.17. The van der Waals surface area contributed by atoms with Crippen LogP contribution in [0.5, 0.6) is 0 Å². The first-order valence-corrected chi connectivity index (χ1v) is 3.78. The maximum Gasteiger partial charge on any atom is 0.384 e. The van der Waals surface area contributed by atoms with Crippen molar-refractivity contribution in [3.63, 3.8) is 0 Å². The summed E-state index contributed by atoms with van der Waals surface area (Å²) in [7, 11) is 0. The van der Waals surface area contributed by atoms with Crippen LogP contribution in [0, 0.1) is 11.8 Å². The van der Waals surface area contributed by atoms with E-state index in [2.05, 4.69) is 26.8 Å². The zero-order chi connectivity index (χ0) is 9.52. The van der Waals surface area contributed by atoms with Gasteiger partial charge in [-0.1, -0.05) is 5.92 Å². The monoisotopic (exact) mass is 176 g/mol. The molecule has 0 amide bonds. The van der Waals surface area contributed by atoms with Gasteiger partial charge < -0.3 is 4.74 Å². The van der Waals surface area contributed by atoms with Crippen molar-refractivity contribution in [1.29, 1.82) is 0 Å². The second-order valence-electron chi connectivity index (χ2n) is 2.10. The molecule has 0 bridgehead atoms. The fraction of sp³-hybridized carbons (Fsp3) is 0.222. The molecule has 4 nitrogen and oxygen atoms in total. The van der Waals surface area contributed by atoms with Crippen LogP contribution in [0.3, 0.4) is 0 Å². The fourth-order valence-corrected chi connectivity index (χ4v) is 0.655. The number of hydrogen-bond acceptors (Lipinski definition) is 4. The van der Waals surface area contributed by atoms with Crippen LogP contribution in [0.25, 0.3) is 0 Å². The summed E-state index contributed by atoms with van der Waals surface area (Å²) in [4.78, 5) is 10.8. The van der Waals surface area contributed by atoms with E-state index in [0.717, 1.165) is 0 Å². The zero-order valence-corrected chi connectivity index (χ0v) is 7.15. The van der Waals surface area contributed by atoms with Gasteiger partial charge in [-0.25, -0.2) is 4.79 Å². The molecule has 0 aliphatic carbocycles. The third kappa shape index (κ3) is 3.34. The highest BCUT2D eigenvalue weighted by Crippen LogP contribution is 1.89. The third-order valence-corrected chi connectivity index (χ3v) is 1.17. The molecule has 4 heteroatoms. The predicted octanol–water partition coefficient (Wildman–Crippen LogP) is 0.391. The summed E-state index contributed by atoms with van der Waals surface area (Å²) in [5.74, 6) is 4.39. The average molecular weight is 176 g/mol. The van der Waals surface area contributed by atoms with Crippen LogP contribution in [-0.4, -0.2) is 22.8 Å². The van der Waals surface area contributed by atoms with Crippen LogP contribution >= 0.6 is 0 Å². The summed E-state index contributed by atoms with van der Waals surface area (Å²) >= 11 is 0. The van der Waals surface area contributed by atoms with Crippen molar-refractivity contribution < 1.29 is 9.53 Å². The first-order valence-electron chi connectivity index (χ1n) is 3.78. The Bertz CT molecular complexity index is 338. The molecule has 0 saturated heterocycles. The molecule has 0 atom stereocenters. The van der Waals surface area contributed by atoms with Crippen LogP contribution in [-0.2, 0) is 9.53 Å². The summed E-state index contributed by atoms with van der Waals surface area (Å²) in [6.45, 7) is 2.07. The van der Waals surface area contributed by atoms with Gasteiger partial charge in [-0.2, -0.15) is 10.2 Å². The standard InChI is InChI=1S/C9H8N2O2/c1-2-13-9(12)4-3-8-5-6-10-11-7-8/h5-7H,2H2,1H3. The van der Waals surface area contributed by atoms with Gasteiger partial charge in [0.1, 0.15) is 0 Å². The van der Waals surface area contributed by atoms with Crippen molar-refractivity contribution in [2.24, 2.45) is 0 Å². The molecular weight excluding hydrogens is 168 g/mol. The molecule has 0 aromatic carbocycles. The lowest BCUT2D eigenvalue weighted by Crippen LogP contribution is -1.99. The number of ether oxygens (including phenoxy) is 1. The predicted molar refractivity (Wildman–Crippen MR) is 45.5 cm³/mol. The van der Waals surface area contributed by atoms with Gasteiger partial charge in [-0.3, -0.25) is 0 Å². The fourth-order valence-electron chi connectivity index (χ4n) is 0.655. The normalized spacial score (nSPS) is 8.38. The summed E-state index contributed by atoms with van der Waals surface area (Å²) < 4.78 is 4.62. The molecule has 66 valence electrons. The van der Waals surface area contributed by atoms with Crippen LogP contribution in [0.1, 0.15) is 12.5 Å². The Morgan fingerprint density at radius 3 is 3.08 bits per heavy atom. The minimum atomic E-state index is -0.528. The summed E-state index contributed by atoms with van der Waals surface area (Å²) in [6, 6.07) is 1.67. The van der Waals surface area contributed by atoms with Gasteiger partial charge in [-0.15, -0.1) is 0 Å². The Morgan fingerprint density at radius 1 is 1.62 bits per heavy atom. The molecule has 1 aromatic heterocycles. The lowest BCUT2D eigenvalue weighted by molar-refractivity contribution is -0.136.